The second-order valence-electron chi connectivity index (χ2n) is 5.63. The zero-order chi connectivity index (χ0) is 17.6. The number of nitrogens with two attached hydrogens (primary N) is 1. The normalized spacial score (nSPS) is 10.4. The fraction of sp³-hybridized carbons (Fsp3) is 0.400. The number of halogens is 1. The van der Waals surface area contributed by atoms with Crippen LogP contribution in [0.25, 0.3) is 0 Å². The van der Waals surface area contributed by atoms with Gasteiger partial charge in [-0.15, -0.1) is 0 Å². The molecule has 8 heteroatoms. The van der Waals surface area contributed by atoms with Gasteiger partial charge in [0.05, 0.1) is 22.2 Å². The Kier molecular flexibility index (Phi) is 5.90. The van der Waals surface area contributed by atoms with Crippen molar-refractivity contribution >= 4 is 17.5 Å². The lowest BCUT2D eigenvalue weighted by Crippen LogP contribution is -2.32. The van der Waals surface area contributed by atoms with Crippen molar-refractivity contribution in [1.29, 1.82) is 0 Å². The van der Waals surface area contributed by atoms with Gasteiger partial charge < -0.3 is 15.8 Å². The minimum atomic E-state index is -0.893. The minimum Gasteiger partial charge on any atom is -0.444 e. The Hall–Kier alpha value is -2.82. The van der Waals surface area contributed by atoms with E-state index in [0.717, 1.165) is 12.1 Å². The highest BCUT2D eigenvalue weighted by Gasteiger charge is 2.15. The maximum absolute atomic E-state index is 13.5. The van der Waals surface area contributed by atoms with Gasteiger partial charge in [-0.2, -0.15) is 0 Å². The van der Waals surface area contributed by atoms with E-state index in [4.69, 9.17) is 10.5 Å². The summed E-state index contributed by atoms with van der Waals surface area (Å²) >= 11 is 0. The quantitative estimate of drug-likeness (QED) is 0.292. The molecule has 0 fully saturated rings. The summed E-state index contributed by atoms with van der Waals surface area (Å²) in [6, 6.07) is 1.84. The fourth-order valence-corrected chi connectivity index (χ4v) is 1.51. The standard InChI is InChI=1S/C15H18FN3O4/c1-15(2,3)23-14(20)18-7-5-4-6-10-8-11(19(21)22)9-12(16)13(10)17/h8-9H,5,7,17H2,1-3H3,(H,18,20). The highest BCUT2D eigenvalue weighted by molar-refractivity contribution is 5.67. The summed E-state index contributed by atoms with van der Waals surface area (Å²) < 4.78 is 18.5. The highest BCUT2D eigenvalue weighted by Crippen LogP contribution is 2.22. The number of ether oxygens (including phenoxy) is 1. The van der Waals surface area contributed by atoms with E-state index in [9.17, 15) is 19.3 Å². The molecule has 1 aromatic carbocycles. The van der Waals surface area contributed by atoms with Crippen molar-refractivity contribution in [2.75, 3.05) is 12.3 Å². The van der Waals surface area contributed by atoms with Gasteiger partial charge in [0, 0.05) is 19.0 Å². The van der Waals surface area contributed by atoms with Crippen molar-refractivity contribution in [1.82, 2.24) is 5.32 Å². The van der Waals surface area contributed by atoms with Gasteiger partial charge in [0.15, 0.2) is 5.82 Å². The minimum absolute atomic E-state index is 0.0361. The molecule has 0 aromatic heterocycles. The van der Waals surface area contributed by atoms with Crippen LogP contribution in [0.2, 0.25) is 0 Å². The van der Waals surface area contributed by atoms with E-state index in [1.807, 2.05) is 0 Å². The predicted molar refractivity (Wildman–Crippen MR) is 83.2 cm³/mol. The van der Waals surface area contributed by atoms with Crippen molar-refractivity contribution in [3.63, 3.8) is 0 Å². The zero-order valence-corrected chi connectivity index (χ0v) is 13.1. The number of hydrogen-bond acceptors (Lipinski definition) is 5. The van der Waals surface area contributed by atoms with Crippen LogP contribution in [0.5, 0.6) is 0 Å². The number of carbonyl (C=O) groups excluding carboxylic acids is 1. The van der Waals surface area contributed by atoms with Crippen LogP contribution >= 0.6 is 0 Å². The Morgan fingerprint density at radius 3 is 2.70 bits per heavy atom. The van der Waals surface area contributed by atoms with Gasteiger partial charge in [-0.05, 0) is 20.8 Å². The van der Waals surface area contributed by atoms with E-state index in [1.165, 1.54) is 0 Å². The number of nitrogen functional groups attached to an aromatic ring is 1. The smallest absolute Gasteiger partial charge is 0.407 e. The molecule has 3 N–H and O–H groups in total. The third kappa shape index (κ3) is 6.22. The summed E-state index contributed by atoms with van der Waals surface area (Å²) in [5.74, 6) is 4.33. The molecule has 0 unspecified atom stereocenters. The largest absolute Gasteiger partial charge is 0.444 e. The molecule has 1 amide bonds. The number of nitro groups is 1. The van der Waals surface area contributed by atoms with Crippen LogP contribution in [0.15, 0.2) is 12.1 Å². The predicted octanol–water partition coefficient (Wildman–Crippen LogP) is 2.58. The molecule has 0 saturated carbocycles. The molecule has 0 aliphatic heterocycles. The topological polar surface area (TPSA) is 107 Å². The highest BCUT2D eigenvalue weighted by atomic mass is 19.1. The average molecular weight is 323 g/mol. The van der Waals surface area contributed by atoms with E-state index in [1.54, 1.807) is 20.8 Å². The van der Waals surface area contributed by atoms with Crippen LogP contribution < -0.4 is 11.1 Å². The lowest BCUT2D eigenvalue weighted by Gasteiger charge is -2.19. The van der Waals surface area contributed by atoms with Crippen molar-refractivity contribution in [3.05, 3.63) is 33.6 Å². The van der Waals surface area contributed by atoms with Gasteiger partial charge in [-0.25, -0.2) is 9.18 Å². The molecule has 0 aliphatic carbocycles. The summed E-state index contributed by atoms with van der Waals surface area (Å²) in [6.07, 6.45) is -0.316. The van der Waals surface area contributed by atoms with Crippen LogP contribution in [-0.4, -0.2) is 23.2 Å². The summed E-state index contributed by atoms with van der Waals surface area (Å²) in [5, 5.41) is 13.2. The number of anilines is 1. The van der Waals surface area contributed by atoms with E-state index in [0.29, 0.717) is 0 Å². The molecule has 7 nitrogen and oxygen atoms in total. The van der Waals surface area contributed by atoms with Crippen LogP contribution in [0.4, 0.5) is 20.6 Å². The molecule has 0 atom stereocenters. The first-order valence-corrected chi connectivity index (χ1v) is 6.79. The SMILES string of the molecule is CC(C)(C)OC(=O)NCCC#Cc1cc([N+](=O)[O-])cc(F)c1N. The van der Waals surface area contributed by atoms with Gasteiger partial charge in [0.2, 0.25) is 0 Å². The number of nitrogens with zero attached hydrogens (tertiary/aromatic N) is 1. The number of carbonyl (C=O) groups is 1. The molecule has 23 heavy (non-hydrogen) atoms. The third-order valence-electron chi connectivity index (χ3n) is 2.47. The fourth-order valence-electron chi connectivity index (χ4n) is 1.51. The van der Waals surface area contributed by atoms with Crippen molar-refractivity contribution in [3.8, 4) is 11.8 Å². The summed E-state index contributed by atoms with van der Waals surface area (Å²) in [6.45, 7) is 5.45. The van der Waals surface area contributed by atoms with E-state index >= 15 is 0 Å². The van der Waals surface area contributed by atoms with Gasteiger partial charge >= 0.3 is 6.09 Å². The van der Waals surface area contributed by atoms with E-state index in [2.05, 4.69) is 17.2 Å². The number of alkyl carbamates (subject to hydrolysis) is 1. The maximum atomic E-state index is 13.5. The van der Waals surface area contributed by atoms with Crippen LogP contribution in [0.1, 0.15) is 32.8 Å². The molecule has 124 valence electrons. The Morgan fingerprint density at radius 2 is 2.13 bits per heavy atom. The molecule has 0 radical (unpaired) electrons. The Balaban J connectivity index is 2.64. The first kappa shape index (κ1) is 18.2. The Labute approximate surface area is 133 Å². The Morgan fingerprint density at radius 1 is 1.48 bits per heavy atom. The number of non-ortho nitro benzene ring substituents is 1. The lowest BCUT2D eigenvalue weighted by atomic mass is 10.1. The number of rotatable bonds is 3. The molecule has 0 aliphatic rings. The number of benzene rings is 1. The molecule has 1 rings (SSSR count). The van der Waals surface area contributed by atoms with Gasteiger partial charge in [0.1, 0.15) is 5.60 Å². The van der Waals surface area contributed by atoms with E-state index in [-0.39, 0.29) is 24.2 Å². The average Bonchev–Trinajstić information content (AvgIpc) is 2.40. The summed E-state index contributed by atoms with van der Waals surface area (Å²) in [5.41, 5.74) is 4.27. The van der Waals surface area contributed by atoms with Crippen LogP contribution in [0, 0.1) is 27.8 Å². The summed E-state index contributed by atoms with van der Waals surface area (Å²) in [4.78, 5) is 21.3. The lowest BCUT2D eigenvalue weighted by molar-refractivity contribution is -0.385. The molecule has 0 spiro atoms. The molecule has 0 saturated heterocycles. The van der Waals surface area contributed by atoms with Gasteiger partial charge in [-0.3, -0.25) is 10.1 Å². The van der Waals surface area contributed by atoms with E-state index < -0.39 is 28.1 Å². The van der Waals surface area contributed by atoms with Crippen molar-refractivity contribution in [2.45, 2.75) is 32.8 Å². The van der Waals surface area contributed by atoms with Gasteiger partial charge in [0.25, 0.3) is 5.69 Å². The van der Waals surface area contributed by atoms with Crippen LogP contribution in [0.3, 0.4) is 0 Å². The maximum Gasteiger partial charge on any atom is 0.407 e. The first-order chi connectivity index (χ1) is 10.6. The molecular weight excluding hydrogens is 305 g/mol. The molecular formula is C15H18FN3O4. The van der Waals surface area contributed by atoms with Gasteiger partial charge in [-0.1, -0.05) is 11.8 Å². The summed E-state index contributed by atoms with van der Waals surface area (Å²) in [7, 11) is 0. The van der Waals surface area contributed by atoms with Crippen LogP contribution in [-0.2, 0) is 4.74 Å². The number of hydrogen-bond donors (Lipinski definition) is 2. The zero-order valence-electron chi connectivity index (χ0n) is 13.1. The van der Waals surface area contributed by atoms with Crippen molar-refractivity contribution < 1.29 is 18.8 Å². The Bertz CT molecular complexity index is 672. The second kappa shape index (κ2) is 7.45. The molecule has 0 bridgehead atoms. The first-order valence-electron chi connectivity index (χ1n) is 6.79. The molecule has 0 heterocycles. The van der Waals surface area contributed by atoms with Crippen molar-refractivity contribution in [2.24, 2.45) is 0 Å². The monoisotopic (exact) mass is 323 g/mol. The number of nitrogens with one attached hydrogen (secondary N) is 1. The second-order valence-corrected chi connectivity index (χ2v) is 5.63. The molecule has 1 aromatic rings. The number of nitro benzene ring substituents is 1. The number of amides is 1. The third-order valence-corrected chi connectivity index (χ3v) is 2.47.